The SMILES string of the molecule is OC1(C2=NCCN2)COC2C=CC=CC2O1. The monoisotopic (exact) mass is 222 g/mol. The Hall–Kier alpha value is -1.17. The van der Waals surface area contributed by atoms with Crippen LogP contribution in [0.2, 0.25) is 0 Å². The summed E-state index contributed by atoms with van der Waals surface area (Å²) in [6.07, 6.45) is 7.26. The van der Waals surface area contributed by atoms with Crippen molar-refractivity contribution in [2.75, 3.05) is 19.7 Å². The first-order valence-electron chi connectivity index (χ1n) is 5.43. The molecule has 0 bridgehead atoms. The van der Waals surface area contributed by atoms with Crippen LogP contribution in [0.3, 0.4) is 0 Å². The molecule has 0 aromatic rings. The second-order valence-corrected chi connectivity index (χ2v) is 4.07. The minimum atomic E-state index is -1.42. The van der Waals surface area contributed by atoms with Gasteiger partial charge in [-0.1, -0.05) is 24.3 Å². The van der Waals surface area contributed by atoms with Crippen LogP contribution in [0, 0.1) is 0 Å². The summed E-state index contributed by atoms with van der Waals surface area (Å²) in [7, 11) is 0. The highest BCUT2D eigenvalue weighted by Crippen LogP contribution is 2.26. The van der Waals surface area contributed by atoms with Crippen LogP contribution in [0.5, 0.6) is 0 Å². The van der Waals surface area contributed by atoms with E-state index >= 15 is 0 Å². The summed E-state index contributed by atoms with van der Waals surface area (Å²) in [6, 6.07) is 0. The summed E-state index contributed by atoms with van der Waals surface area (Å²) < 4.78 is 11.2. The third-order valence-electron chi connectivity index (χ3n) is 2.88. The number of aliphatic imine (C=N–C) groups is 1. The fourth-order valence-electron chi connectivity index (χ4n) is 2.08. The molecule has 2 N–H and O–H groups in total. The van der Waals surface area contributed by atoms with Crippen molar-refractivity contribution < 1.29 is 14.6 Å². The number of fused-ring (bicyclic) bond motifs is 1. The number of nitrogens with one attached hydrogen (secondary N) is 1. The predicted molar refractivity (Wildman–Crippen MR) is 58.1 cm³/mol. The summed E-state index contributed by atoms with van der Waals surface area (Å²) >= 11 is 0. The van der Waals surface area contributed by atoms with Crippen LogP contribution in [-0.2, 0) is 9.47 Å². The third kappa shape index (κ3) is 1.57. The molecule has 0 aromatic heterocycles. The van der Waals surface area contributed by atoms with E-state index in [1.54, 1.807) is 0 Å². The maximum absolute atomic E-state index is 10.3. The molecular formula is C11H14N2O3. The first-order chi connectivity index (χ1) is 7.78. The van der Waals surface area contributed by atoms with Gasteiger partial charge in [0.15, 0.2) is 5.84 Å². The molecule has 2 aliphatic heterocycles. The minimum absolute atomic E-state index is 0.104. The largest absolute Gasteiger partial charge is 0.367 e. The summed E-state index contributed by atoms with van der Waals surface area (Å²) in [5.74, 6) is -0.943. The molecule has 1 saturated heterocycles. The molecular weight excluding hydrogens is 208 g/mol. The van der Waals surface area contributed by atoms with E-state index in [1.165, 1.54) is 0 Å². The first-order valence-corrected chi connectivity index (χ1v) is 5.43. The average Bonchev–Trinajstić information content (AvgIpc) is 2.83. The Bertz CT molecular complexity index is 377. The van der Waals surface area contributed by atoms with Crippen molar-refractivity contribution in [1.29, 1.82) is 0 Å². The summed E-state index contributed by atoms with van der Waals surface area (Å²) in [4.78, 5) is 4.18. The standard InChI is InChI=1S/C11H14N2O3/c14-11(10-12-5-6-13-10)7-15-8-3-1-2-4-9(8)16-11/h1-4,8-9,14H,5-7H2,(H,12,13). The van der Waals surface area contributed by atoms with Crippen molar-refractivity contribution in [3.8, 4) is 0 Å². The highest BCUT2D eigenvalue weighted by atomic mass is 16.7. The summed E-state index contributed by atoms with van der Waals surface area (Å²) in [6.45, 7) is 1.52. The van der Waals surface area contributed by atoms with Gasteiger partial charge in [-0.2, -0.15) is 0 Å². The Kier molecular flexibility index (Phi) is 2.31. The number of amidine groups is 1. The number of hydrogen-bond donors (Lipinski definition) is 2. The predicted octanol–water partition coefficient (Wildman–Crippen LogP) is -0.413. The topological polar surface area (TPSA) is 63.1 Å². The lowest BCUT2D eigenvalue weighted by molar-refractivity contribution is -0.263. The molecule has 3 atom stereocenters. The molecule has 86 valence electrons. The van der Waals surface area contributed by atoms with Crippen molar-refractivity contribution in [1.82, 2.24) is 5.32 Å². The van der Waals surface area contributed by atoms with Crippen molar-refractivity contribution in [3.63, 3.8) is 0 Å². The van der Waals surface area contributed by atoms with E-state index in [4.69, 9.17) is 9.47 Å². The van der Waals surface area contributed by atoms with Crippen LogP contribution in [0.25, 0.3) is 0 Å². The molecule has 2 heterocycles. The smallest absolute Gasteiger partial charge is 0.250 e. The molecule has 1 fully saturated rings. The zero-order valence-electron chi connectivity index (χ0n) is 8.80. The Morgan fingerprint density at radius 1 is 1.38 bits per heavy atom. The maximum atomic E-state index is 10.3. The molecule has 3 rings (SSSR count). The van der Waals surface area contributed by atoms with Gasteiger partial charge in [-0.3, -0.25) is 4.99 Å². The molecule has 0 aromatic carbocycles. The zero-order valence-corrected chi connectivity index (χ0v) is 8.80. The molecule has 0 amide bonds. The van der Waals surface area contributed by atoms with E-state index in [-0.39, 0.29) is 18.8 Å². The van der Waals surface area contributed by atoms with E-state index in [0.717, 1.165) is 6.54 Å². The van der Waals surface area contributed by atoms with E-state index in [9.17, 15) is 5.11 Å². The highest BCUT2D eigenvalue weighted by molar-refractivity contribution is 5.90. The number of rotatable bonds is 1. The lowest BCUT2D eigenvalue weighted by atomic mass is 10.1. The molecule has 0 saturated carbocycles. The van der Waals surface area contributed by atoms with Gasteiger partial charge in [0.2, 0.25) is 5.79 Å². The van der Waals surface area contributed by atoms with Crippen LogP contribution >= 0.6 is 0 Å². The molecule has 1 aliphatic carbocycles. The lowest BCUT2D eigenvalue weighted by Crippen LogP contribution is -2.58. The van der Waals surface area contributed by atoms with Crippen LogP contribution in [-0.4, -0.2) is 48.6 Å². The Labute approximate surface area is 93.5 Å². The zero-order chi connectivity index (χ0) is 11.0. The van der Waals surface area contributed by atoms with E-state index < -0.39 is 5.79 Å². The van der Waals surface area contributed by atoms with Gasteiger partial charge in [0, 0.05) is 6.54 Å². The fraction of sp³-hybridized carbons (Fsp3) is 0.545. The molecule has 3 aliphatic rings. The number of aliphatic hydroxyl groups is 1. The van der Waals surface area contributed by atoms with Crippen LogP contribution in [0.4, 0.5) is 0 Å². The Balaban J connectivity index is 1.79. The third-order valence-corrected chi connectivity index (χ3v) is 2.88. The Morgan fingerprint density at radius 3 is 2.94 bits per heavy atom. The van der Waals surface area contributed by atoms with Gasteiger partial charge in [-0.25, -0.2) is 0 Å². The lowest BCUT2D eigenvalue weighted by Gasteiger charge is -2.40. The van der Waals surface area contributed by atoms with Crippen molar-refractivity contribution in [3.05, 3.63) is 24.3 Å². The molecule has 16 heavy (non-hydrogen) atoms. The number of allylic oxidation sites excluding steroid dienone is 2. The van der Waals surface area contributed by atoms with Gasteiger partial charge in [0.25, 0.3) is 0 Å². The second kappa shape index (κ2) is 3.69. The fourth-order valence-corrected chi connectivity index (χ4v) is 2.08. The van der Waals surface area contributed by atoms with Crippen LogP contribution < -0.4 is 5.32 Å². The highest BCUT2D eigenvalue weighted by Gasteiger charge is 2.45. The maximum Gasteiger partial charge on any atom is 0.250 e. The minimum Gasteiger partial charge on any atom is -0.367 e. The normalized spacial score (nSPS) is 41.4. The van der Waals surface area contributed by atoms with Gasteiger partial charge in [0.05, 0.1) is 6.54 Å². The molecule has 3 unspecified atom stereocenters. The number of ether oxygens (including phenoxy) is 2. The molecule has 0 spiro atoms. The quantitative estimate of drug-likeness (QED) is 0.633. The van der Waals surface area contributed by atoms with Gasteiger partial charge in [0.1, 0.15) is 18.8 Å². The first kappa shape index (κ1) is 10.0. The van der Waals surface area contributed by atoms with Crippen molar-refractivity contribution in [2.24, 2.45) is 4.99 Å². The average molecular weight is 222 g/mol. The van der Waals surface area contributed by atoms with Crippen LogP contribution in [0.15, 0.2) is 29.3 Å². The van der Waals surface area contributed by atoms with Crippen LogP contribution in [0.1, 0.15) is 0 Å². The van der Waals surface area contributed by atoms with Crippen molar-refractivity contribution >= 4 is 5.84 Å². The Morgan fingerprint density at radius 2 is 2.19 bits per heavy atom. The van der Waals surface area contributed by atoms with E-state index in [0.29, 0.717) is 12.4 Å². The summed E-state index contributed by atoms with van der Waals surface area (Å²) in [5, 5.41) is 13.3. The van der Waals surface area contributed by atoms with Gasteiger partial charge in [-0.15, -0.1) is 0 Å². The van der Waals surface area contributed by atoms with E-state index in [1.807, 2.05) is 24.3 Å². The van der Waals surface area contributed by atoms with Gasteiger partial charge in [-0.05, 0) is 0 Å². The molecule has 5 heteroatoms. The van der Waals surface area contributed by atoms with Gasteiger partial charge < -0.3 is 19.9 Å². The molecule has 5 nitrogen and oxygen atoms in total. The van der Waals surface area contributed by atoms with Crippen molar-refractivity contribution in [2.45, 2.75) is 18.0 Å². The number of nitrogens with zero attached hydrogens (tertiary/aromatic N) is 1. The second-order valence-electron chi connectivity index (χ2n) is 4.07. The molecule has 0 radical (unpaired) electrons. The van der Waals surface area contributed by atoms with E-state index in [2.05, 4.69) is 10.3 Å². The summed E-state index contributed by atoms with van der Waals surface area (Å²) in [5.41, 5.74) is 0. The number of hydrogen-bond acceptors (Lipinski definition) is 5. The van der Waals surface area contributed by atoms with Gasteiger partial charge >= 0.3 is 0 Å².